The van der Waals surface area contributed by atoms with Crippen molar-refractivity contribution in [3.8, 4) is 11.3 Å². The highest BCUT2D eigenvalue weighted by Crippen LogP contribution is 2.21. The Morgan fingerprint density at radius 1 is 1.32 bits per heavy atom. The number of hydrogen-bond acceptors (Lipinski definition) is 3. The number of aromatic amines is 1. The van der Waals surface area contributed by atoms with Crippen molar-refractivity contribution in [1.82, 2.24) is 9.97 Å². The highest BCUT2D eigenvalue weighted by molar-refractivity contribution is 7.98. The summed E-state index contributed by atoms with van der Waals surface area (Å²) in [5.74, 6) is 0. The molecule has 0 saturated carbocycles. The molecular weight excluding hydrogens is 256 g/mol. The first-order valence-corrected chi connectivity index (χ1v) is 7.39. The van der Waals surface area contributed by atoms with Crippen LogP contribution in [0.1, 0.15) is 13.8 Å². The van der Waals surface area contributed by atoms with E-state index < -0.39 is 0 Å². The van der Waals surface area contributed by atoms with Crippen molar-refractivity contribution in [1.29, 1.82) is 0 Å². The number of aromatic nitrogens is 2. The first-order chi connectivity index (χ1) is 9.19. The minimum Gasteiger partial charge on any atom is -0.347 e. The van der Waals surface area contributed by atoms with E-state index in [4.69, 9.17) is 0 Å². The SMILES string of the molecule is CSc1ncc(-c2ccc(NC=NC(C)C)cc2)[nH]1. The zero-order valence-electron chi connectivity index (χ0n) is 11.3. The van der Waals surface area contributed by atoms with Gasteiger partial charge in [0.15, 0.2) is 5.16 Å². The minimum atomic E-state index is 0.307. The maximum Gasteiger partial charge on any atom is 0.165 e. The molecule has 2 aromatic rings. The van der Waals surface area contributed by atoms with Crippen LogP contribution >= 0.6 is 11.8 Å². The third-order valence-corrected chi connectivity index (χ3v) is 3.14. The molecule has 0 bridgehead atoms. The number of benzene rings is 1. The molecule has 4 nitrogen and oxygen atoms in total. The number of imidazole rings is 1. The van der Waals surface area contributed by atoms with E-state index in [0.29, 0.717) is 6.04 Å². The largest absolute Gasteiger partial charge is 0.347 e. The van der Waals surface area contributed by atoms with Crippen molar-refractivity contribution in [3.63, 3.8) is 0 Å². The van der Waals surface area contributed by atoms with Gasteiger partial charge < -0.3 is 10.3 Å². The van der Waals surface area contributed by atoms with Crippen molar-refractivity contribution in [2.45, 2.75) is 25.0 Å². The molecule has 2 N–H and O–H groups in total. The van der Waals surface area contributed by atoms with Crippen molar-refractivity contribution in [2.24, 2.45) is 4.99 Å². The van der Waals surface area contributed by atoms with Crippen LogP contribution in [0.25, 0.3) is 11.3 Å². The van der Waals surface area contributed by atoms with Gasteiger partial charge in [0.1, 0.15) is 0 Å². The molecule has 0 amide bonds. The number of anilines is 1. The molecule has 0 aliphatic rings. The molecule has 0 saturated heterocycles. The summed E-state index contributed by atoms with van der Waals surface area (Å²) in [6.07, 6.45) is 5.60. The van der Waals surface area contributed by atoms with Crippen LogP contribution in [0.5, 0.6) is 0 Å². The number of aliphatic imine (C=N–C) groups is 1. The second kappa shape index (κ2) is 6.43. The van der Waals surface area contributed by atoms with Crippen LogP contribution in [0.4, 0.5) is 5.69 Å². The lowest BCUT2D eigenvalue weighted by atomic mass is 10.1. The number of thioether (sulfide) groups is 1. The van der Waals surface area contributed by atoms with E-state index in [1.165, 1.54) is 0 Å². The predicted molar refractivity (Wildman–Crippen MR) is 83.1 cm³/mol. The standard InChI is InChI=1S/C14H18N4S/c1-10(2)16-9-17-12-6-4-11(5-7-12)13-8-15-14(18-13)19-3/h4-10H,1-3H3,(H,15,18)(H,16,17). The Kier molecular flexibility index (Phi) is 4.63. The molecule has 0 unspecified atom stereocenters. The number of rotatable bonds is 5. The zero-order valence-corrected chi connectivity index (χ0v) is 12.2. The maximum absolute atomic E-state index is 4.27. The summed E-state index contributed by atoms with van der Waals surface area (Å²) >= 11 is 1.60. The molecule has 0 atom stereocenters. The van der Waals surface area contributed by atoms with Gasteiger partial charge in [0.25, 0.3) is 0 Å². The summed E-state index contributed by atoms with van der Waals surface area (Å²) in [6.45, 7) is 4.09. The smallest absolute Gasteiger partial charge is 0.165 e. The van der Waals surface area contributed by atoms with Crippen LogP contribution in [-0.4, -0.2) is 28.6 Å². The minimum absolute atomic E-state index is 0.307. The molecule has 19 heavy (non-hydrogen) atoms. The van der Waals surface area contributed by atoms with Crippen LogP contribution < -0.4 is 5.32 Å². The molecule has 0 aliphatic carbocycles. The first kappa shape index (κ1) is 13.7. The van der Waals surface area contributed by atoms with Gasteiger partial charge in [0.05, 0.1) is 18.2 Å². The van der Waals surface area contributed by atoms with Gasteiger partial charge in [-0.3, -0.25) is 4.99 Å². The number of nitrogens with zero attached hydrogens (tertiary/aromatic N) is 2. The summed E-state index contributed by atoms with van der Waals surface area (Å²) < 4.78 is 0. The van der Waals surface area contributed by atoms with Gasteiger partial charge >= 0.3 is 0 Å². The average Bonchev–Trinajstić information content (AvgIpc) is 2.88. The quantitative estimate of drug-likeness (QED) is 0.497. The van der Waals surface area contributed by atoms with Gasteiger partial charge in [-0.2, -0.15) is 0 Å². The van der Waals surface area contributed by atoms with Crippen molar-refractivity contribution in [3.05, 3.63) is 30.5 Å². The average molecular weight is 274 g/mol. The molecule has 2 rings (SSSR count). The van der Waals surface area contributed by atoms with Crippen molar-refractivity contribution in [2.75, 3.05) is 11.6 Å². The van der Waals surface area contributed by atoms with E-state index in [-0.39, 0.29) is 0 Å². The molecule has 100 valence electrons. The monoisotopic (exact) mass is 274 g/mol. The Labute approximate surface area is 117 Å². The Balaban J connectivity index is 2.05. The number of nitrogens with one attached hydrogen (secondary N) is 2. The molecule has 0 fully saturated rings. The summed E-state index contributed by atoms with van der Waals surface area (Å²) in [6, 6.07) is 8.48. The van der Waals surface area contributed by atoms with Gasteiger partial charge in [0.2, 0.25) is 0 Å². The molecule has 0 spiro atoms. The Hall–Kier alpha value is -1.75. The van der Waals surface area contributed by atoms with E-state index in [2.05, 4.69) is 32.4 Å². The highest BCUT2D eigenvalue weighted by atomic mass is 32.2. The first-order valence-electron chi connectivity index (χ1n) is 6.16. The van der Waals surface area contributed by atoms with Gasteiger partial charge in [-0.05, 0) is 37.8 Å². The number of hydrogen-bond donors (Lipinski definition) is 2. The van der Waals surface area contributed by atoms with Crippen LogP contribution in [0.15, 0.2) is 40.6 Å². The normalized spacial score (nSPS) is 11.4. The second-order valence-electron chi connectivity index (χ2n) is 4.40. The van der Waals surface area contributed by atoms with Crippen molar-refractivity contribution >= 4 is 23.8 Å². The van der Waals surface area contributed by atoms with E-state index >= 15 is 0 Å². The lowest BCUT2D eigenvalue weighted by molar-refractivity contribution is 0.840. The molecule has 5 heteroatoms. The summed E-state index contributed by atoms with van der Waals surface area (Å²) in [7, 11) is 0. The van der Waals surface area contributed by atoms with E-state index in [1.807, 2.05) is 38.4 Å². The molecule has 1 aromatic heterocycles. The second-order valence-corrected chi connectivity index (χ2v) is 5.19. The fraction of sp³-hybridized carbons (Fsp3) is 0.286. The summed E-state index contributed by atoms with van der Waals surface area (Å²) in [4.78, 5) is 11.8. The van der Waals surface area contributed by atoms with Crippen LogP contribution in [0.3, 0.4) is 0 Å². The Bertz CT molecular complexity index is 543. The lowest BCUT2D eigenvalue weighted by Crippen LogP contribution is -1.98. The van der Waals surface area contributed by atoms with E-state index in [1.54, 1.807) is 18.1 Å². The summed E-state index contributed by atoms with van der Waals surface area (Å²) in [5.41, 5.74) is 3.18. The fourth-order valence-corrected chi connectivity index (χ4v) is 1.93. The molecular formula is C14H18N4S. The topological polar surface area (TPSA) is 53.1 Å². The van der Waals surface area contributed by atoms with E-state index in [0.717, 1.165) is 22.1 Å². The highest BCUT2D eigenvalue weighted by Gasteiger charge is 2.02. The lowest BCUT2D eigenvalue weighted by Gasteiger charge is -2.03. The Morgan fingerprint density at radius 2 is 2.05 bits per heavy atom. The van der Waals surface area contributed by atoms with Crippen LogP contribution in [0, 0.1) is 0 Å². The van der Waals surface area contributed by atoms with Gasteiger partial charge in [-0.1, -0.05) is 23.9 Å². The number of H-pyrrole nitrogens is 1. The summed E-state index contributed by atoms with van der Waals surface area (Å²) in [5, 5.41) is 4.08. The maximum atomic E-state index is 4.27. The van der Waals surface area contributed by atoms with Crippen molar-refractivity contribution < 1.29 is 0 Å². The third-order valence-electron chi connectivity index (χ3n) is 2.55. The van der Waals surface area contributed by atoms with E-state index in [9.17, 15) is 0 Å². The molecule has 1 heterocycles. The van der Waals surface area contributed by atoms with Crippen LogP contribution in [-0.2, 0) is 0 Å². The third kappa shape index (κ3) is 3.86. The Morgan fingerprint density at radius 3 is 2.63 bits per heavy atom. The predicted octanol–water partition coefficient (Wildman–Crippen LogP) is 3.65. The van der Waals surface area contributed by atoms with Gasteiger partial charge in [-0.15, -0.1) is 0 Å². The fourth-order valence-electron chi connectivity index (χ4n) is 1.56. The molecule has 0 radical (unpaired) electrons. The zero-order chi connectivity index (χ0) is 13.7. The van der Waals surface area contributed by atoms with Gasteiger partial charge in [0, 0.05) is 11.7 Å². The molecule has 0 aliphatic heterocycles. The van der Waals surface area contributed by atoms with Crippen LogP contribution in [0.2, 0.25) is 0 Å². The molecule has 1 aromatic carbocycles. The van der Waals surface area contributed by atoms with Gasteiger partial charge in [-0.25, -0.2) is 4.98 Å².